The number of likely N-dealkylation sites (N-methyl/N-ethyl adjacent to an activating group) is 2. The first-order valence-corrected chi connectivity index (χ1v) is 6.17. The fourth-order valence-corrected chi connectivity index (χ4v) is 2.52. The summed E-state index contributed by atoms with van der Waals surface area (Å²) in [6, 6.07) is 12.2. The molecule has 2 aromatic carbocycles. The molecule has 18 heavy (non-hydrogen) atoms. The van der Waals surface area contributed by atoms with Crippen molar-refractivity contribution in [3.05, 3.63) is 42.0 Å². The fourth-order valence-electron chi connectivity index (χ4n) is 2.52. The standard InChI is InChI=1S/C15H16N2O/c1-16-9-10-17(2)15(18)14-12-6-4-3-5-11(12)7-8-13(14)16/h3-8H,9-10H2,1-2H3. The van der Waals surface area contributed by atoms with Crippen molar-refractivity contribution in [1.29, 1.82) is 0 Å². The predicted octanol–water partition coefficient (Wildman–Crippen LogP) is 2.36. The largest absolute Gasteiger partial charge is 0.372 e. The van der Waals surface area contributed by atoms with Gasteiger partial charge in [-0.1, -0.05) is 30.3 Å². The number of hydrogen-bond donors (Lipinski definition) is 0. The van der Waals surface area contributed by atoms with Crippen molar-refractivity contribution in [3.8, 4) is 0 Å². The molecule has 2 aromatic rings. The lowest BCUT2D eigenvalue weighted by atomic mass is 10.0. The number of carbonyl (C=O) groups excluding carboxylic acids is 1. The number of rotatable bonds is 0. The Bertz CT molecular complexity index is 621. The number of hydrogen-bond acceptors (Lipinski definition) is 2. The van der Waals surface area contributed by atoms with E-state index in [9.17, 15) is 4.79 Å². The molecule has 3 heteroatoms. The zero-order valence-corrected chi connectivity index (χ0v) is 10.7. The second kappa shape index (κ2) is 4.02. The number of amides is 1. The third-order valence-electron chi connectivity index (χ3n) is 3.65. The van der Waals surface area contributed by atoms with Gasteiger partial charge < -0.3 is 9.80 Å². The molecule has 1 heterocycles. The Labute approximate surface area is 107 Å². The molecule has 0 aromatic heterocycles. The van der Waals surface area contributed by atoms with Crippen LogP contribution in [0.15, 0.2) is 36.4 Å². The maximum Gasteiger partial charge on any atom is 0.256 e. The molecule has 0 radical (unpaired) electrons. The molecule has 1 amide bonds. The fraction of sp³-hybridized carbons (Fsp3) is 0.267. The highest BCUT2D eigenvalue weighted by molar-refractivity contribution is 6.12. The van der Waals surface area contributed by atoms with Crippen LogP contribution in [0, 0.1) is 0 Å². The van der Waals surface area contributed by atoms with Gasteiger partial charge in [0.2, 0.25) is 0 Å². The van der Waals surface area contributed by atoms with Crippen LogP contribution in [-0.4, -0.2) is 38.0 Å². The van der Waals surface area contributed by atoms with Gasteiger partial charge in [0.05, 0.1) is 5.56 Å². The Morgan fingerprint density at radius 1 is 0.944 bits per heavy atom. The lowest BCUT2D eigenvalue weighted by Crippen LogP contribution is -2.30. The van der Waals surface area contributed by atoms with Crippen molar-refractivity contribution >= 4 is 22.4 Å². The molecule has 0 bridgehead atoms. The highest BCUT2D eigenvalue weighted by Crippen LogP contribution is 2.30. The molecule has 0 unspecified atom stereocenters. The Hall–Kier alpha value is -2.03. The molecular formula is C15H16N2O. The summed E-state index contributed by atoms with van der Waals surface area (Å²) in [4.78, 5) is 16.5. The Kier molecular flexibility index (Phi) is 2.47. The average molecular weight is 240 g/mol. The molecule has 3 rings (SSSR count). The third-order valence-corrected chi connectivity index (χ3v) is 3.65. The van der Waals surface area contributed by atoms with Crippen LogP contribution in [-0.2, 0) is 0 Å². The van der Waals surface area contributed by atoms with E-state index >= 15 is 0 Å². The molecule has 1 aliphatic rings. The van der Waals surface area contributed by atoms with E-state index in [1.807, 2.05) is 38.4 Å². The summed E-state index contributed by atoms with van der Waals surface area (Å²) in [5, 5.41) is 2.16. The normalized spacial score (nSPS) is 15.8. The average Bonchev–Trinajstić information content (AvgIpc) is 2.51. The van der Waals surface area contributed by atoms with E-state index < -0.39 is 0 Å². The molecule has 0 saturated carbocycles. The Morgan fingerprint density at radius 3 is 2.50 bits per heavy atom. The molecular weight excluding hydrogens is 224 g/mol. The summed E-state index contributed by atoms with van der Waals surface area (Å²) in [7, 11) is 3.91. The number of fused-ring (bicyclic) bond motifs is 3. The van der Waals surface area contributed by atoms with Crippen LogP contribution >= 0.6 is 0 Å². The summed E-state index contributed by atoms with van der Waals surface area (Å²) < 4.78 is 0. The molecule has 0 fully saturated rings. The Morgan fingerprint density at radius 2 is 1.67 bits per heavy atom. The van der Waals surface area contributed by atoms with Gasteiger partial charge in [-0.3, -0.25) is 4.79 Å². The first-order chi connectivity index (χ1) is 8.68. The van der Waals surface area contributed by atoms with E-state index in [0.717, 1.165) is 35.1 Å². The van der Waals surface area contributed by atoms with E-state index in [4.69, 9.17) is 0 Å². The Balaban J connectivity index is 2.35. The van der Waals surface area contributed by atoms with Crippen molar-refractivity contribution < 1.29 is 4.79 Å². The van der Waals surface area contributed by atoms with Crippen molar-refractivity contribution in [2.24, 2.45) is 0 Å². The van der Waals surface area contributed by atoms with Gasteiger partial charge in [-0.15, -0.1) is 0 Å². The second-order valence-electron chi connectivity index (χ2n) is 4.83. The topological polar surface area (TPSA) is 23.6 Å². The molecule has 0 saturated heterocycles. The highest BCUT2D eigenvalue weighted by Gasteiger charge is 2.24. The number of nitrogens with zero attached hydrogens (tertiary/aromatic N) is 2. The lowest BCUT2D eigenvalue weighted by molar-refractivity contribution is 0.0806. The van der Waals surface area contributed by atoms with Gasteiger partial charge in [0.15, 0.2) is 0 Å². The van der Waals surface area contributed by atoms with Gasteiger partial charge in [-0.25, -0.2) is 0 Å². The van der Waals surface area contributed by atoms with Crippen LogP contribution in [0.1, 0.15) is 10.4 Å². The first-order valence-electron chi connectivity index (χ1n) is 6.17. The first kappa shape index (κ1) is 11.1. The van der Waals surface area contributed by atoms with Crippen molar-refractivity contribution in [2.45, 2.75) is 0 Å². The maximum atomic E-state index is 12.5. The van der Waals surface area contributed by atoms with Crippen LogP contribution in [0.25, 0.3) is 10.8 Å². The van der Waals surface area contributed by atoms with E-state index in [1.165, 1.54) is 0 Å². The van der Waals surface area contributed by atoms with Gasteiger partial charge in [-0.05, 0) is 16.8 Å². The van der Waals surface area contributed by atoms with Crippen LogP contribution in [0.2, 0.25) is 0 Å². The van der Waals surface area contributed by atoms with E-state index in [0.29, 0.717) is 0 Å². The molecule has 0 spiro atoms. The van der Waals surface area contributed by atoms with E-state index in [-0.39, 0.29) is 5.91 Å². The monoisotopic (exact) mass is 240 g/mol. The van der Waals surface area contributed by atoms with Crippen molar-refractivity contribution in [3.63, 3.8) is 0 Å². The zero-order chi connectivity index (χ0) is 12.7. The quantitative estimate of drug-likeness (QED) is 0.705. The molecule has 92 valence electrons. The second-order valence-corrected chi connectivity index (χ2v) is 4.83. The van der Waals surface area contributed by atoms with Crippen molar-refractivity contribution in [1.82, 2.24) is 4.90 Å². The summed E-state index contributed by atoms with van der Waals surface area (Å²) in [6.45, 7) is 1.63. The minimum absolute atomic E-state index is 0.117. The maximum absolute atomic E-state index is 12.5. The summed E-state index contributed by atoms with van der Waals surface area (Å²) in [6.07, 6.45) is 0. The minimum atomic E-state index is 0.117. The molecule has 0 aliphatic carbocycles. The van der Waals surface area contributed by atoms with Crippen LogP contribution in [0.4, 0.5) is 5.69 Å². The smallest absolute Gasteiger partial charge is 0.256 e. The SMILES string of the molecule is CN1CCN(C)c2ccc3ccccc3c2C1=O. The highest BCUT2D eigenvalue weighted by atomic mass is 16.2. The lowest BCUT2D eigenvalue weighted by Gasteiger charge is -2.18. The van der Waals surface area contributed by atoms with Crippen LogP contribution < -0.4 is 4.90 Å². The van der Waals surface area contributed by atoms with Gasteiger partial charge in [-0.2, -0.15) is 0 Å². The molecule has 1 aliphatic heterocycles. The van der Waals surface area contributed by atoms with Crippen molar-refractivity contribution in [2.75, 3.05) is 32.1 Å². The van der Waals surface area contributed by atoms with Gasteiger partial charge in [0.1, 0.15) is 0 Å². The van der Waals surface area contributed by atoms with E-state index in [1.54, 1.807) is 4.90 Å². The summed E-state index contributed by atoms with van der Waals surface area (Å²) >= 11 is 0. The number of carbonyl (C=O) groups is 1. The number of benzene rings is 2. The van der Waals surface area contributed by atoms with E-state index in [2.05, 4.69) is 17.0 Å². The molecule has 3 nitrogen and oxygen atoms in total. The van der Waals surface area contributed by atoms with Crippen LogP contribution in [0.3, 0.4) is 0 Å². The zero-order valence-electron chi connectivity index (χ0n) is 10.7. The number of anilines is 1. The van der Waals surface area contributed by atoms with Crippen LogP contribution in [0.5, 0.6) is 0 Å². The summed E-state index contributed by atoms with van der Waals surface area (Å²) in [5.41, 5.74) is 1.86. The predicted molar refractivity (Wildman–Crippen MR) is 74.2 cm³/mol. The summed E-state index contributed by atoms with van der Waals surface area (Å²) in [5.74, 6) is 0.117. The van der Waals surface area contributed by atoms with Gasteiger partial charge in [0.25, 0.3) is 5.91 Å². The van der Waals surface area contributed by atoms with Gasteiger partial charge in [0, 0.05) is 32.9 Å². The van der Waals surface area contributed by atoms with Gasteiger partial charge >= 0.3 is 0 Å². The minimum Gasteiger partial charge on any atom is -0.372 e. The third kappa shape index (κ3) is 1.55. The molecule has 0 atom stereocenters. The molecule has 0 N–H and O–H groups in total.